The molecule has 5 heteroatoms. The second-order valence-corrected chi connectivity index (χ2v) is 5.66. The SMILES string of the molecule is CCCNc1nc(C)nc2c1cnn2C1CCCCC1. The minimum Gasteiger partial charge on any atom is -0.369 e. The summed E-state index contributed by atoms with van der Waals surface area (Å²) in [5.74, 6) is 1.74. The monoisotopic (exact) mass is 273 g/mol. The standard InChI is InChI=1S/C15H23N5/c1-3-9-16-14-13-10-17-20(12-7-5-4-6-8-12)15(13)19-11(2)18-14/h10,12H,3-9H2,1-2H3,(H,16,18,19). The van der Waals surface area contributed by atoms with Gasteiger partial charge in [0, 0.05) is 6.54 Å². The fourth-order valence-electron chi connectivity index (χ4n) is 3.01. The Labute approximate surface area is 119 Å². The number of hydrogen-bond acceptors (Lipinski definition) is 4. The summed E-state index contributed by atoms with van der Waals surface area (Å²) >= 11 is 0. The van der Waals surface area contributed by atoms with Crippen molar-refractivity contribution in [3.05, 3.63) is 12.0 Å². The first-order valence-electron chi connectivity index (χ1n) is 7.75. The molecule has 2 heterocycles. The van der Waals surface area contributed by atoms with E-state index in [0.717, 1.165) is 35.6 Å². The molecule has 20 heavy (non-hydrogen) atoms. The van der Waals surface area contributed by atoms with E-state index in [-0.39, 0.29) is 0 Å². The minimum atomic E-state index is 0.509. The lowest BCUT2D eigenvalue weighted by Crippen LogP contribution is -2.15. The molecule has 0 atom stereocenters. The van der Waals surface area contributed by atoms with E-state index in [1.165, 1.54) is 32.1 Å². The first kappa shape index (κ1) is 13.3. The molecule has 1 fully saturated rings. The van der Waals surface area contributed by atoms with Crippen LogP contribution >= 0.6 is 0 Å². The Kier molecular flexibility index (Phi) is 3.85. The molecule has 0 saturated heterocycles. The van der Waals surface area contributed by atoms with Crippen molar-refractivity contribution in [3.63, 3.8) is 0 Å². The van der Waals surface area contributed by atoms with Gasteiger partial charge in [-0.25, -0.2) is 14.6 Å². The van der Waals surface area contributed by atoms with Gasteiger partial charge < -0.3 is 5.32 Å². The van der Waals surface area contributed by atoms with E-state index in [1.807, 2.05) is 13.1 Å². The highest BCUT2D eigenvalue weighted by Gasteiger charge is 2.20. The van der Waals surface area contributed by atoms with E-state index >= 15 is 0 Å². The molecule has 2 aromatic rings. The Hall–Kier alpha value is -1.65. The molecule has 0 bridgehead atoms. The van der Waals surface area contributed by atoms with Crippen molar-refractivity contribution in [1.82, 2.24) is 19.7 Å². The summed E-state index contributed by atoms with van der Waals surface area (Å²) in [6, 6.07) is 0.509. The summed E-state index contributed by atoms with van der Waals surface area (Å²) in [6.07, 6.45) is 9.40. The van der Waals surface area contributed by atoms with Gasteiger partial charge in [-0.2, -0.15) is 5.10 Å². The molecule has 1 saturated carbocycles. The number of nitrogens with zero attached hydrogens (tertiary/aromatic N) is 4. The van der Waals surface area contributed by atoms with Crippen molar-refractivity contribution in [2.75, 3.05) is 11.9 Å². The van der Waals surface area contributed by atoms with E-state index in [0.29, 0.717) is 6.04 Å². The number of nitrogens with one attached hydrogen (secondary N) is 1. The first-order chi connectivity index (χ1) is 9.79. The quantitative estimate of drug-likeness (QED) is 0.926. The van der Waals surface area contributed by atoms with Gasteiger partial charge in [0.1, 0.15) is 11.6 Å². The van der Waals surface area contributed by atoms with Crippen molar-refractivity contribution in [2.45, 2.75) is 58.4 Å². The molecule has 0 spiro atoms. The predicted octanol–water partition coefficient (Wildman–Crippen LogP) is 3.46. The first-order valence-corrected chi connectivity index (χ1v) is 7.75. The Balaban J connectivity index is 2.00. The average Bonchev–Trinajstić information content (AvgIpc) is 2.89. The summed E-state index contributed by atoms with van der Waals surface area (Å²) in [5, 5.41) is 9.04. The van der Waals surface area contributed by atoms with Crippen molar-refractivity contribution in [1.29, 1.82) is 0 Å². The Bertz CT molecular complexity index is 583. The zero-order valence-electron chi connectivity index (χ0n) is 12.4. The Morgan fingerprint density at radius 1 is 1.25 bits per heavy atom. The number of aromatic nitrogens is 4. The fraction of sp³-hybridized carbons (Fsp3) is 0.667. The maximum absolute atomic E-state index is 4.63. The van der Waals surface area contributed by atoms with E-state index in [4.69, 9.17) is 0 Å². The fourth-order valence-corrected chi connectivity index (χ4v) is 3.01. The molecule has 3 rings (SSSR count). The summed E-state index contributed by atoms with van der Waals surface area (Å²) in [4.78, 5) is 9.15. The second-order valence-electron chi connectivity index (χ2n) is 5.66. The van der Waals surface area contributed by atoms with Crippen LogP contribution in [0.4, 0.5) is 5.82 Å². The lowest BCUT2D eigenvalue weighted by molar-refractivity contribution is 0.335. The lowest BCUT2D eigenvalue weighted by Gasteiger charge is -2.22. The van der Waals surface area contributed by atoms with Gasteiger partial charge in [-0.05, 0) is 26.2 Å². The molecule has 1 N–H and O–H groups in total. The molecule has 0 unspecified atom stereocenters. The van der Waals surface area contributed by atoms with E-state index in [9.17, 15) is 0 Å². The smallest absolute Gasteiger partial charge is 0.163 e. The lowest BCUT2D eigenvalue weighted by atomic mass is 9.96. The minimum absolute atomic E-state index is 0.509. The average molecular weight is 273 g/mol. The van der Waals surface area contributed by atoms with Crippen molar-refractivity contribution in [3.8, 4) is 0 Å². The molecule has 5 nitrogen and oxygen atoms in total. The molecule has 1 aliphatic rings. The molecule has 0 radical (unpaired) electrons. The van der Waals surface area contributed by atoms with Gasteiger partial charge in [0.25, 0.3) is 0 Å². The van der Waals surface area contributed by atoms with Gasteiger partial charge in [-0.1, -0.05) is 26.2 Å². The van der Waals surface area contributed by atoms with Crippen LogP contribution in [-0.4, -0.2) is 26.3 Å². The summed E-state index contributed by atoms with van der Waals surface area (Å²) in [5.41, 5.74) is 0.989. The van der Waals surface area contributed by atoms with Crippen LogP contribution in [0.15, 0.2) is 6.20 Å². The van der Waals surface area contributed by atoms with Crippen LogP contribution in [0.2, 0.25) is 0 Å². The zero-order valence-corrected chi connectivity index (χ0v) is 12.4. The summed E-state index contributed by atoms with van der Waals surface area (Å²) in [7, 11) is 0. The normalized spacial score (nSPS) is 16.7. The second kappa shape index (κ2) is 5.77. The maximum atomic E-state index is 4.63. The highest BCUT2D eigenvalue weighted by molar-refractivity contribution is 5.86. The predicted molar refractivity (Wildman–Crippen MR) is 81.0 cm³/mol. The molecule has 1 aliphatic carbocycles. The van der Waals surface area contributed by atoms with Crippen LogP contribution in [0.1, 0.15) is 57.3 Å². The number of hydrogen-bond donors (Lipinski definition) is 1. The Morgan fingerprint density at radius 2 is 2.05 bits per heavy atom. The topological polar surface area (TPSA) is 55.6 Å². The third-order valence-electron chi connectivity index (χ3n) is 4.03. The Morgan fingerprint density at radius 3 is 2.80 bits per heavy atom. The van der Waals surface area contributed by atoms with E-state index < -0.39 is 0 Å². The van der Waals surface area contributed by atoms with E-state index in [2.05, 4.69) is 32.0 Å². The highest BCUT2D eigenvalue weighted by atomic mass is 15.3. The van der Waals surface area contributed by atoms with Crippen LogP contribution in [0, 0.1) is 6.92 Å². The number of aryl methyl sites for hydroxylation is 1. The molecular formula is C15H23N5. The maximum Gasteiger partial charge on any atom is 0.163 e. The van der Waals surface area contributed by atoms with Gasteiger partial charge in [-0.15, -0.1) is 0 Å². The number of fused-ring (bicyclic) bond motifs is 1. The van der Waals surface area contributed by atoms with Crippen LogP contribution in [0.5, 0.6) is 0 Å². The number of anilines is 1. The molecule has 2 aromatic heterocycles. The largest absolute Gasteiger partial charge is 0.369 e. The van der Waals surface area contributed by atoms with Gasteiger partial charge in [0.2, 0.25) is 0 Å². The van der Waals surface area contributed by atoms with Gasteiger partial charge >= 0.3 is 0 Å². The summed E-state index contributed by atoms with van der Waals surface area (Å²) < 4.78 is 2.13. The summed E-state index contributed by atoms with van der Waals surface area (Å²) in [6.45, 7) is 5.04. The molecule has 108 valence electrons. The van der Waals surface area contributed by atoms with Crippen molar-refractivity contribution >= 4 is 16.9 Å². The van der Waals surface area contributed by atoms with Crippen molar-refractivity contribution < 1.29 is 0 Å². The van der Waals surface area contributed by atoms with Crippen LogP contribution in [0.25, 0.3) is 11.0 Å². The van der Waals surface area contributed by atoms with Crippen LogP contribution < -0.4 is 5.32 Å². The van der Waals surface area contributed by atoms with Crippen molar-refractivity contribution in [2.24, 2.45) is 0 Å². The third kappa shape index (κ3) is 2.49. The number of rotatable bonds is 4. The van der Waals surface area contributed by atoms with Gasteiger partial charge in [-0.3, -0.25) is 0 Å². The molecule has 0 aliphatic heterocycles. The van der Waals surface area contributed by atoms with Crippen LogP contribution in [0.3, 0.4) is 0 Å². The molecule has 0 aromatic carbocycles. The van der Waals surface area contributed by atoms with E-state index in [1.54, 1.807) is 0 Å². The third-order valence-corrected chi connectivity index (χ3v) is 4.03. The van der Waals surface area contributed by atoms with Gasteiger partial charge in [0.05, 0.1) is 17.6 Å². The highest BCUT2D eigenvalue weighted by Crippen LogP contribution is 2.31. The van der Waals surface area contributed by atoms with Crippen LogP contribution in [-0.2, 0) is 0 Å². The van der Waals surface area contributed by atoms with Gasteiger partial charge in [0.15, 0.2) is 5.65 Å². The molecular weight excluding hydrogens is 250 g/mol. The zero-order chi connectivity index (χ0) is 13.9. The molecule has 0 amide bonds.